The number of benzene rings is 1. The number of aliphatic hydroxyl groups excluding tert-OH is 1. The lowest BCUT2D eigenvalue weighted by atomic mass is 10.0. The highest BCUT2D eigenvalue weighted by Crippen LogP contribution is 2.28. The molecular formula is C23H32N2O4. The van der Waals surface area contributed by atoms with Crippen LogP contribution in [0.3, 0.4) is 0 Å². The van der Waals surface area contributed by atoms with Gasteiger partial charge in [0.05, 0.1) is 0 Å². The molecule has 1 aromatic carbocycles. The molecule has 1 N–H and O–H groups in total. The molecule has 0 spiro atoms. The molecule has 1 fully saturated rings. The van der Waals surface area contributed by atoms with Gasteiger partial charge < -0.3 is 19.2 Å². The van der Waals surface area contributed by atoms with Gasteiger partial charge in [-0.15, -0.1) is 0 Å². The molecule has 158 valence electrons. The van der Waals surface area contributed by atoms with Gasteiger partial charge in [-0.1, -0.05) is 25.1 Å². The monoisotopic (exact) mass is 400 g/mol. The number of ether oxygens (including phenoxy) is 1. The van der Waals surface area contributed by atoms with Gasteiger partial charge in [0.15, 0.2) is 0 Å². The first-order valence-electron chi connectivity index (χ1n) is 10.4. The molecule has 1 aliphatic heterocycles. The molecule has 3 rings (SSSR count). The highest BCUT2D eigenvalue weighted by atomic mass is 16.5. The molecule has 29 heavy (non-hydrogen) atoms. The Morgan fingerprint density at radius 3 is 2.48 bits per heavy atom. The number of methoxy groups -OCH3 is 1. The number of hydrogen-bond acceptors (Lipinski definition) is 5. The minimum atomic E-state index is -0.700. The Labute approximate surface area is 173 Å². The lowest BCUT2D eigenvalue weighted by molar-refractivity contribution is -0.119. The van der Waals surface area contributed by atoms with Gasteiger partial charge in [-0.25, -0.2) is 0 Å². The third kappa shape index (κ3) is 5.26. The van der Waals surface area contributed by atoms with Crippen molar-refractivity contribution in [3.63, 3.8) is 0 Å². The molecule has 2 unspecified atom stereocenters. The fourth-order valence-corrected chi connectivity index (χ4v) is 4.08. The zero-order valence-electron chi connectivity index (χ0n) is 17.6. The summed E-state index contributed by atoms with van der Waals surface area (Å²) < 4.78 is 11.2. The molecule has 6 heteroatoms. The van der Waals surface area contributed by atoms with Crippen molar-refractivity contribution in [3.8, 4) is 0 Å². The van der Waals surface area contributed by atoms with Crippen LogP contribution < -0.4 is 4.90 Å². The first-order chi connectivity index (χ1) is 14.0. The van der Waals surface area contributed by atoms with E-state index in [9.17, 15) is 9.90 Å². The van der Waals surface area contributed by atoms with Crippen LogP contribution >= 0.6 is 0 Å². The Hall–Kier alpha value is -2.15. The second-order valence-electron chi connectivity index (χ2n) is 7.61. The van der Waals surface area contributed by atoms with Crippen molar-refractivity contribution >= 4 is 11.6 Å². The topological polar surface area (TPSA) is 66.2 Å². The molecule has 1 amide bonds. The van der Waals surface area contributed by atoms with Gasteiger partial charge >= 0.3 is 0 Å². The van der Waals surface area contributed by atoms with Crippen LogP contribution in [0.15, 0.2) is 46.9 Å². The van der Waals surface area contributed by atoms with Crippen LogP contribution in [0.5, 0.6) is 0 Å². The molecule has 1 aliphatic rings. The smallest absolute Gasteiger partial charge is 0.226 e. The molecule has 2 aromatic rings. The van der Waals surface area contributed by atoms with Gasteiger partial charge in [0.25, 0.3) is 0 Å². The molecule has 0 saturated carbocycles. The van der Waals surface area contributed by atoms with E-state index in [0.717, 1.165) is 37.4 Å². The summed E-state index contributed by atoms with van der Waals surface area (Å²) in [6.07, 6.45) is 1.79. The fourth-order valence-electron chi connectivity index (χ4n) is 4.08. The molecule has 1 aromatic heterocycles. The Morgan fingerprint density at radius 1 is 1.24 bits per heavy atom. The lowest BCUT2D eigenvalue weighted by Gasteiger charge is -2.41. The van der Waals surface area contributed by atoms with E-state index in [0.29, 0.717) is 18.6 Å². The number of para-hydroxylation sites is 1. The maximum atomic E-state index is 12.6. The van der Waals surface area contributed by atoms with Gasteiger partial charge in [-0.2, -0.15) is 0 Å². The molecule has 0 aliphatic carbocycles. The summed E-state index contributed by atoms with van der Waals surface area (Å²) in [4.78, 5) is 16.8. The van der Waals surface area contributed by atoms with E-state index < -0.39 is 6.10 Å². The first kappa shape index (κ1) is 21.6. The zero-order valence-corrected chi connectivity index (χ0v) is 17.6. The van der Waals surface area contributed by atoms with Crippen LogP contribution in [0, 0.1) is 6.92 Å². The average Bonchev–Trinajstić information content (AvgIpc) is 3.20. The lowest BCUT2D eigenvalue weighted by Crippen LogP contribution is -2.50. The van der Waals surface area contributed by atoms with Crippen molar-refractivity contribution in [2.24, 2.45) is 0 Å². The maximum Gasteiger partial charge on any atom is 0.226 e. The summed E-state index contributed by atoms with van der Waals surface area (Å²) in [5.74, 6) is 1.51. The number of rotatable bonds is 8. The predicted octanol–water partition coefficient (Wildman–Crippen LogP) is 3.89. The maximum absolute atomic E-state index is 12.6. The number of aliphatic hydroxyl groups is 1. The number of carbonyl (C=O) groups excluding carboxylic acids is 1. The van der Waals surface area contributed by atoms with Crippen LogP contribution in [-0.2, 0) is 9.53 Å². The van der Waals surface area contributed by atoms with E-state index in [1.807, 2.05) is 61.2 Å². The van der Waals surface area contributed by atoms with Gasteiger partial charge in [-0.3, -0.25) is 9.69 Å². The molecule has 2 heterocycles. The van der Waals surface area contributed by atoms with Crippen molar-refractivity contribution < 1.29 is 19.1 Å². The van der Waals surface area contributed by atoms with E-state index in [4.69, 9.17) is 9.15 Å². The van der Waals surface area contributed by atoms with Crippen molar-refractivity contribution in [3.05, 3.63) is 54.0 Å². The van der Waals surface area contributed by atoms with E-state index in [-0.39, 0.29) is 18.2 Å². The number of piperidine rings is 1. The van der Waals surface area contributed by atoms with Crippen LogP contribution in [-0.4, -0.2) is 48.4 Å². The Bertz CT molecular complexity index is 768. The third-order valence-corrected chi connectivity index (χ3v) is 5.66. The van der Waals surface area contributed by atoms with E-state index in [1.54, 1.807) is 7.11 Å². The largest absolute Gasteiger partial charge is 0.464 e. The van der Waals surface area contributed by atoms with Gasteiger partial charge in [0, 0.05) is 44.8 Å². The molecule has 0 bridgehead atoms. The van der Waals surface area contributed by atoms with E-state index in [1.165, 1.54) is 0 Å². The summed E-state index contributed by atoms with van der Waals surface area (Å²) in [6.45, 7) is 5.40. The van der Waals surface area contributed by atoms with Crippen LogP contribution in [0.4, 0.5) is 5.69 Å². The summed E-state index contributed by atoms with van der Waals surface area (Å²) in [5.41, 5.74) is 0.963. The van der Waals surface area contributed by atoms with Crippen molar-refractivity contribution in [1.29, 1.82) is 0 Å². The first-order valence-corrected chi connectivity index (χ1v) is 10.4. The summed E-state index contributed by atoms with van der Waals surface area (Å²) in [5, 5.41) is 10.5. The number of aryl methyl sites for hydroxylation is 1. The van der Waals surface area contributed by atoms with Crippen LogP contribution in [0.25, 0.3) is 0 Å². The summed E-state index contributed by atoms with van der Waals surface area (Å²) in [6, 6.07) is 13.8. The summed E-state index contributed by atoms with van der Waals surface area (Å²) >= 11 is 0. The average molecular weight is 401 g/mol. The van der Waals surface area contributed by atoms with Gasteiger partial charge in [0.2, 0.25) is 5.91 Å². The fraction of sp³-hybridized carbons (Fsp3) is 0.522. The molecule has 2 atom stereocenters. The summed E-state index contributed by atoms with van der Waals surface area (Å²) in [7, 11) is 1.67. The minimum Gasteiger partial charge on any atom is -0.464 e. The van der Waals surface area contributed by atoms with E-state index in [2.05, 4.69) is 4.90 Å². The Balaban J connectivity index is 1.62. The number of carbonyl (C=O) groups is 1. The Kier molecular flexibility index (Phi) is 7.47. The standard InChI is InChI=1S/C23H32N2O4/c1-4-22(27)25(18-8-6-5-7-9-18)19-12-14-24(15-13-19)23(28-3)16-20(26)21-11-10-17(2)29-21/h5-11,19-20,23,26H,4,12-16H2,1-3H3. The number of furan rings is 1. The molecule has 6 nitrogen and oxygen atoms in total. The van der Waals surface area contributed by atoms with Gasteiger partial charge in [-0.05, 0) is 44.0 Å². The van der Waals surface area contributed by atoms with Crippen LogP contribution in [0.2, 0.25) is 0 Å². The number of nitrogens with zero attached hydrogens (tertiary/aromatic N) is 2. The second-order valence-corrected chi connectivity index (χ2v) is 7.61. The third-order valence-electron chi connectivity index (χ3n) is 5.66. The number of anilines is 1. The predicted molar refractivity (Wildman–Crippen MR) is 113 cm³/mol. The van der Waals surface area contributed by atoms with Crippen molar-refractivity contribution in [2.45, 2.75) is 57.9 Å². The minimum absolute atomic E-state index is 0.154. The number of likely N-dealkylation sites (tertiary alicyclic amines) is 1. The molecular weight excluding hydrogens is 368 g/mol. The van der Waals surface area contributed by atoms with Gasteiger partial charge in [0.1, 0.15) is 23.9 Å². The zero-order chi connectivity index (χ0) is 20.8. The normalized spacial score (nSPS) is 17.8. The molecule has 0 radical (unpaired) electrons. The highest BCUT2D eigenvalue weighted by molar-refractivity contribution is 5.93. The van der Waals surface area contributed by atoms with Crippen molar-refractivity contribution in [1.82, 2.24) is 4.90 Å². The van der Waals surface area contributed by atoms with Crippen molar-refractivity contribution in [2.75, 3.05) is 25.1 Å². The second kappa shape index (κ2) is 10.1. The quantitative estimate of drug-likeness (QED) is 0.728. The number of amides is 1. The number of hydrogen-bond donors (Lipinski definition) is 1. The highest BCUT2D eigenvalue weighted by Gasteiger charge is 2.32. The SMILES string of the molecule is CCC(=O)N(c1ccccc1)C1CCN(C(CC(O)c2ccc(C)o2)OC)CC1. The Morgan fingerprint density at radius 2 is 1.93 bits per heavy atom. The van der Waals surface area contributed by atoms with E-state index >= 15 is 0 Å². The van der Waals surface area contributed by atoms with Crippen LogP contribution in [0.1, 0.15) is 50.2 Å². The molecule has 1 saturated heterocycles.